The van der Waals surface area contributed by atoms with Gasteiger partial charge in [0.15, 0.2) is 11.5 Å². The zero-order valence-corrected chi connectivity index (χ0v) is 18.0. The Hall–Kier alpha value is -2.90. The van der Waals surface area contributed by atoms with Gasteiger partial charge in [-0.1, -0.05) is 36.4 Å². The second-order valence-electron chi connectivity index (χ2n) is 7.10. The Kier molecular flexibility index (Phi) is 6.30. The molecule has 2 heterocycles. The number of piperazine rings is 1. The molecular weight excluding hydrogens is 398 g/mol. The van der Waals surface area contributed by atoms with Crippen LogP contribution in [0.3, 0.4) is 0 Å². The molecule has 1 fully saturated rings. The van der Waals surface area contributed by atoms with E-state index in [1.165, 1.54) is 0 Å². The minimum atomic E-state index is -0.0222. The van der Waals surface area contributed by atoms with Gasteiger partial charge in [0.25, 0.3) is 5.91 Å². The van der Waals surface area contributed by atoms with Gasteiger partial charge >= 0.3 is 0 Å². The zero-order chi connectivity index (χ0) is 20.9. The van der Waals surface area contributed by atoms with E-state index in [0.717, 1.165) is 35.9 Å². The third kappa shape index (κ3) is 4.32. The summed E-state index contributed by atoms with van der Waals surface area (Å²) in [4.78, 5) is 22.0. The summed E-state index contributed by atoms with van der Waals surface area (Å²) >= 11 is 1.69. The fourth-order valence-corrected chi connectivity index (χ4v) is 4.50. The normalized spacial score (nSPS) is 14.5. The molecule has 0 atom stereocenters. The van der Waals surface area contributed by atoms with E-state index in [4.69, 9.17) is 14.5 Å². The minimum Gasteiger partial charge on any atom is -0.493 e. The highest BCUT2D eigenvalue weighted by molar-refractivity contribution is 7.09. The summed E-state index contributed by atoms with van der Waals surface area (Å²) in [6, 6.07) is 15.6. The van der Waals surface area contributed by atoms with Gasteiger partial charge in [-0.2, -0.15) is 0 Å². The van der Waals surface area contributed by atoms with Gasteiger partial charge in [-0.25, -0.2) is 4.98 Å². The SMILES string of the molecule is COc1cccc(C(=O)N2CCN(Cc3nc(-c4ccccc4)cs3)CC2)c1OC. The minimum absolute atomic E-state index is 0.0222. The van der Waals surface area contributed by atoms with Crippen LogP contribution in [-0.4, -0.2) is 61.1 Å². The molecule has 156 valence electrons. The van der Waals surface area contributed by atoms with Crippen molar-refractivity contribution < 1.29 is 14.3 Å². The van der Waals surface area contributed by atoms with Crippen LogP contribution in [0.15, 0.2) is 53.9 Å². The molecule has 7 heteroatoms. The number of benzene rings is 2. The lowest BCUT2D eigenvalue weighted by atomic mass is 10.1. The summed E-state index contributed by atoms with van der Waals surface area (Å²) < 4.78 is 10.8. The van der Waals surface area contributed by atoms with Crippen molar-refractivity contribution in [1.29, 1.82) is 0 Å². The van der Waals surface area contributed by atoms with Gasteiger partial charge in [-0.3, -0.25) is 9.69 Å². The fraction of sp³-hybridized carbons (Fsp3) is 0.304. The number of ether oxygens (including phenoxy) is 2. The first-order chi connectivity index (χ1) is 14.7. The maximum Gasteiger partial charge on any atom is 0.257 e. The zero-order valence-electron chi connectivity index (χ0n) is 17.2. The number of methoxy groups -OCH3 is 2. The third-order valence-corrected chi connectivity index (χ3v) is 6.11. The molecule has 0 saturated carbocycles. The Morgan fingerprint density at radius 1 is 1.00 bits per heavy atom. The molecule has 0 unspecified atom stereocenters. The lowest BCUT2D eigenvalue weighted by Crippen LogP contribution is -2.48. The van der Waals surface area contributed by atoms with Crippen LogP contribution in [0, 0.1) is 0 Å². The van der Waals surface area contributed by atoms with Crippen molar-refractivity contribution in [3.63, 3.8) is 0 Å². The molecule has 0 spiro atoms. The number of para-hydroxylation sites is 1. The molecule has 4 rings (SSSR count). The summed E-state index contributed by atoms with van der Waals surface area (Å²) in [6.07, 6.45) is 0. The first-order valence-corrected chi connectivity index (χ1v) is 10.8. The molecule has 1 saturated heterocycles. The van der Waals surface area contributed by atoms with E-state index in [1.807, 2.05) is 29.2 Å². The van der Waals surface area contributed by atoms with Crippen molar-refractivity contribution in [2.75, 3.05) is 40.4 Å². The average Bonchev–Trinajstić information content (AvgIpc) is 3.27. The number of thiazole rings is 1. The topological polar surface area (TPSA) is 54.9 Å². The maximum atomic E-state index is 13.0. The van der Waals surface area contributed by atoms with Gasteiger partial charge in [-0.05, 0) is 12.1 Å². The molecule has 0 N–H and O–H groups in total. The Bertz CT molecular complexity index is 998. The first-order valence-electron chi connectivity index (χ1n) is 9.92. The van der Waals surface area contributed by atoms with Gasteiger partial charge in [0.2, 0.25) is 0 Å². The monoisotopic (exact) mass is 423 g/mol. The van der Waals surface area contributed by atoms with Crippen molar-refractivity contribution in [3.05, 3.63) is 64.5 Å². The summed E-state index contributed by atoms with van der Waals surface area (Å²) in [5, 5.41) is 3.21. The van der Waals surface area contributed by atoms with Crippen molar-refractivity contribution in [2.24, 2.45) is 0 Å². The van der Waals surface area contributed by atoms with Gasteiger partial charge in [0, 0.05) is 37.1 Å². The summed E-state index contributed by atoms with van der Waals surface area (Å²) in [5.74, 6) is 1.04. The van der Waals surface area contributed by atoms with Crippen LogP contribution in [0.5, 0.6) is 11.5 Å². The molecule has 6 nitrogen and oxygen atoms in total. The molecule has 3 aromatic rings. The molecule has 0 bridgehead atoms. The molecule has 1 aromatic heterocycles. The molecule has 0 radical (unpaired) electrons. The van der Waals surface area contributed by atoms with E-state index < -0.39 is 0 Å². The molecule has 2 aromatic carbocycles. The van der Waals surface area contributed by atoms with Crippen molar-refractivity contribution in [3.8, 4) is 22.8 Å². The van der Waals surface area contributed by atoms with Crippen molar-refractivity contribution in [1.82, 2.24) is 14.8 Å². The smallest absolute Gasteiger partial charge is 0.257 e. The number of aromatic nitrogens is 1. The van der Waals surface area contributed by atoms with E-state index in [9.17, 15) is 4.79 Å². The predicted octanol–water partition coefficient (Wildman–Crippen LogP) is 3.79. The number of hydrogen-bond acceptors (Lipinski definition) is 6. The molecule has 1 amide bonds. The summed E-state index contributed by atoms with van der Waals surface area (Å²) in [5.41, 5.74) is 2.70. The van der Waals surface area contributed by atoms with E-state index in [0.29, 0.717) is 30.2 Å². The van der Waals surface area contributed by atoms with Crippen molar-refractivity contribution >= 4 is 17.2 Å². The first kappa shape index (κ1) is 20.4. The molecule has 30 heavy (non-hydrogen) atoms. The van der Waals surface area contributed by atoms with Gasteiger partial charge in [-0.15, -0.1) is 11.3 Å². The fourth-order valence-electron chi connectivity index (χ4n) is 3.65. The third-order valence-electron chi connectivity index (χ3n) is 5.27. The summed E-state index contributed by atoms with van der Waals surface area (Å²) in [6.45, 7) is 3.80. The van der Waals surface area contributed by atoms with Crippen LogP contribution >= 0.6 is 11.3 Å². The second-order valence-corrected chi connectivity index (χ2v) is 8.04. The van der Waals surface area contributed by atoms with E-state index in [2.05, 4.69) is 22.4 Å². The number of nitrogens with zero attached hydrogens (tertiary/aromatic N) is 3. The largest absolute Gasteiger partial charge is 0.493 e. The van der Waals surface area contributed by atoms with Crippen LogP contribution in [-0.2, 0) is 6.54 Å². The molecule has 0 aliphatic carbocycles. The molecule has 1 aliphatic rings. The molecular formula is C23H25N3O3S. The van der Waals surface area contributed by atoms with E-state index in [1.54, 1.807) is 37.7 Å². The van der Waals surface area contributed by atoms with Crippen LogP contribution in [0.25, 0.3) is 11.3 Å². The van der Waals surface area contributed by atoms with Crippen LogP contribution in [0.2, 0.25) is 0 Å². The Morgan fingerprint density at radius 2 is 1.77 bits per heavy atom. The summed E-state index contributed by atoms with van der Waals surface area (Å²) in [7, 11) is 3.14. The number of amides is 1. The second kappa shape index (κ2) is 9.28. The lowest BCUT2D eigenvalue weighted by Gasteiger charge is -2.34. The number of carbonyl (C=O) groups is 1. The quantitative estimate of drug-likeness (QED) is 0.604. The number of rotatable bonds is 6. The van der Waals surface area contributed by atoms with Crippen LogP contribution < -0.4 is 9.47 Å². The van der Waals surface area contributed by atoms with Gasteiger partial charge in [0.05, 0.1) is 32.0 Å². The van der Waals surface area contributed by atoms with E-state index in [-0.39, 0.29) is 5.91 Å². The highest BCUT2D eigenvalue weighted by Gasteiger charge is 2.26. The Labute approximate surface area is 180 Å². The highest BCUT2D eigenvalue weighted by atomic mass is 32.1. The van der Waals surface area contributed by atoms with Crippen molar-refractivity contribution in [2.45, 2.75) is 6.54 Å². The maximum absolute atomic E-state index is 13.0. The Morgan fingerprint density at radius 3 is 2.47 bits per heavy atom. The number of carbonyl (C=O) groups excluding carboxylic acids is 1. The van der Waals surface area contributed by atoms with Gasteiger partial charge < -0.3 is 14.4 Å². The Balaban J connectivity index is 1.37. The average molecular weight is 424 g/mol. The van der Waals surface area contributed by atoms with E-state index >= 15 is 0 Å². The highest BCUT2D eigenvalue weighted by Crippen LogP contribution is 2.31. The number of hydrogen-bond donors (Lipinski definition) is 0. The van der Waals surface area contributed by atoms with Gasteiger partial charge in [0.1, 0.15) is 5.01 Å². The lowest BCUT2D eigenvalue weighted by molar-refractivity contribution is 0.0624. The van der Waals surface area contributed by atoms with Crippen LogP contribution in [0.1, 0.15) is 15.4 Å². The van der Waals surface area contributed by atoms with Crippen LogP contribution in [0.4, 0.5) is 0 Å². The predicted molar refractivity (Wildman–Crippen MR) is 118 cm³/mol. The molecule has 1 aliphatic heterocycles. The standard InChI is InChI=1S/C23H25N3O3S/c1-28-20-10-6-9-18(22(20)29-2)23(27)26-13-11-25(12-14-26)15-21-24-19(16-30-21)17-7-4-3-5-8-17/h3-10,16H,11-15H2,1-2H3.